The van der Waals surface area contributed by atoms with Crippen molar-refractivity contribution in [3.63, 3.8) is 0 Å². The molecule has 0 saturated heterocycles. The highest BCUT2D eigenvalue weighted by Crippen LogP contribution is 2.30. The van der Waals surface area contributed by atoms with Gasteiger partial charge in [-0.1, -0.05) is 17.7 Å². The molecule has 0 fully saturated rings. The molecule has 27 heavy (non-hydrogen) atoms. The number of hydrogen-bond acceptors (Lipinski definition) is 6. The summed E-state index contributed by atoms with van der Waals surface area (Å²) in [5, 5.41) is 6.32. The maximum Gasteiger partial charge on any atom is 0.258 e. The van der Waals surface area contributed by atoms with Crippen LogP contribution in [0.25, 0.3) is 0 Å². The average molecular weight is 385 g/mol. The van der Waals surface area contributed by atoms with Crippen LogP contribution in [0.1, 0.15) is 10.4 Å². The summed E-state index contributed by atoms with van der Waals surface area (Å²) in [4.78, 5) is 20.6. The third-order valence-corrected chi connectivity index (χ3v) is 3.88. The summed E-state index contributed by atoms with van der Waals surface area (Å²) in [5.41, 5.74) is 1.56. The lowest BCUT2D eigenvalue weighted by Crippen LogP contribution is -2.13. The Balaban J connectivity index is 1.73. The van der Waals surface area contributed by atoms with E-state index in [1.165, 1.54) is 12.4 Å². The maximum atomic E-state index is 12.3. The lowest BCUT2D eigenvalue weighted by molar-refractivity contribution is 0.102. The van der Waals surface area contributed by atoms with Crippen molar-refractivity contribution in [1.82, 2.24) is 9.97 Å². The molecule has 0 radical (unpaired) electrons. The van der Waals surface area contributed by atoms with Crippen LogP contribution in [0.3, 0.4) is 0 Å². The molecular weight excluding hydrogens is 368 g/mol. The Morgan fingerprint density at radius 3 is 2.48 bits per heavy atom. The zero-order valence-corrected chi connectivity index (χ0v) is 15.4. The van der Waals surface area contributed by atoms with Gasteiger partial charge in [0.25, 0.3) is 5.91 Å². The Labute approximate surface area is 161 Å². The Morgan fingerprint density at radius 2 is 1.81 bits per heavy atom. The highest BCUT2D eigenvalue weighted by atomic mass is 35.5. The molecular formula is C19H17ClN4O3. The fourth-order valence-corrected chi connectivity index (χ4v) is 2.50. The van der Waals surface area contributed by atoms with Crippen molar-refractivity contribution in [1.29, 1.82) is 0 Å². The first-order valence-corrected chi connectivity index (χ1v) is 8.35. The third kappa shape index (κ3) is 4.65. The van der Waals surface area contributed by atoms with E-state index in [4.69, 9.17) is 21.1 Å². The number of carbonyl (C=O) groups excluding carboxylic acids is 1. The van der Waals surface area contributed by atoms with Gasteiger partial charge >= 0.3 is 0 Å². The van der Waals surface area contributed by atoms with Gasteiger partial charge in [0, 0.05) is 29.2 Å². The molecule has 0 saturated carbocycles. The fraction of sp³-hybridized carbons (Fsp3) is 0.105. The Bertz CT molecular complexity index is 948. The smallest absolute Gasteiger partial charge is 0.258 e. The lowest BCUT2D eigenvalue weighted by Gasteiger charge is -2.11. The summed E-state index contributed by atoms with van der Waals surface area (Å²) in [5.74, 6) is 1.27. The second-order valence-corrected chi connectivity index (χ2v) is 5.89. The van der Waals surface area contributed by atoms with Crippen LogP contribution in [-0.2, 0) is 0 Å². The number of rotatable bonds is 6. The van der Waals surface area contributed by atoms with Gasteiger partial charge in [0.05, 0.1) is 25.5 Å². The van der Waals surface area contributed by atoms with Crippen LogP contribution in [0.2, 0.25) is 5.02 Å². The van der Waals surface area contributed by atoms with Gasteiger partial charge in [-0.25, -0.2) is 9.97 Å². The van der Waals surface area contributed by atoms with Crippen LogP contribution in [-0.4, -0.2) is 30.1 Å². The summed E-state index contributed by atoms with van der Waals surface area (Å²) in [6.45, 7) is 0. The number of methoxy groups -OCH3 is 2. The summed E-state index contributed by atoms with van der Waals surface area (Å²) in [6.07, 6.45) is 2.86. The van der Waals surface area contributed by atoms with Crippen molar-refractivity contribution in [3.05, 3.63) is 65.4 Å². The number of benzene rings is 2. The lowest BCUT2D eigenvalue weighted by atomic mass is 10.2. The molecule has 1 aromatic heterocycles. The standard InChI is InChI=1S/C19H17ClN4O3/c1-26-15-6-7-17(27-2)16(9-15)24-19-21-10-12(11-22-19)18(25)23-14-5-3-4-13(20)8-14/h3-11H,1-2H3,(H,23,25)(H,21,22,24). The van der Waals surface area contributed by atoms with E-state index < -0.39 is 0 Å². The SMILES string of the molecule is COc1ccc(OC)c(Nc2ncc(C(=O)Nc3cccc(Cl)c3)cn2)c1. The number of aromatic nitrogens is 2. The average Bonchev–Trinajstić information content (AvgIpc) is 2.68. The molecule has 2 aromatic carbocycles. The predicted octanol–water partition coefficient (Wildman–Crippen LogP) is 4.14. The molecule has 3 rings (SSSR count). The van der Waals surface area contributed by atoms with Gasteiger partial charge in [-0.05, 0) is 30.3 Å². The van der Waals surface area contributed by atoms with Crippen molar-refractivity contribution in [3.8, 4) is 11.5 Å². The number of ether oxygens (including phenoxy) is 2. The molecule has 0 bridgehead atoms. The predicted molar refractivity (Wildman–Crippen MR) is 104 cm³/mol. The molecule has 8 heteroatoms. The number of nitrogens with one attached hydrogen (secondary N) is 2. The number of halogens is 1. The summed E-state index contributed by atoms with van der Waals surface area (Å²) < 4.78 is 10.5. The van der Waals surface area contributed by atoms with E-state index in [0.717, 1.165) is 0 Å². The van der Waals surface area contributed by atoms with Crippen molar-refractivity contribution in [2.45, 2.75) is 0 Å². The second kappa shape index (κ2) is 8.37. The van der Waals surface area contributed by atoms with Crippen molar-refractivity contribution in [2.24, 2.45) is 0 Å². The molecule has 0 aliphatic carbocycles. The molecule has 7 nitrogen and oxygen atoms in total. The number of hydrogen-bond donors (Lipinski definition) is 2. The molecule has 0 atom stereocenters. The van der Waals surface area contributed by atoms with Gasteiger partial charge in [0.15, 0.2) is 0 Å². The number of carbonyl (C=O) groups is 1. The molecule has 0 aliphatic rings. The normalized spacial score (nSPS) is 10.2. The molecule has 2 N–H and O–H groups in total. The topological polar surface area (TPSA) is 85.4 Å². The first-order chi connectivity index (χ1) is 13.1. The second-order valence-electron chi connectivity index (χ2n) is 5.45. The van der Waals surface area contributed by atoms with E-state index in [1.807, 2.05) is 0 Å². The maximum absolute atomic E-state index is 12.3. The van der Waals surface area contributed by atoms with Crippen LogP contribution >= 0.6 is 11.6 Å². The molecule has 1 amide bonds. The van der Waals surface area contributed by atoms with Crippen LogP contribution in [0.4, 0.5) is 17.3 Å². The zero-order chi connectivity index (χ0) is 19.2. The summed E-state index contributed by atoms with van der Waals surface area (Å²) in [6, 6.07) is 12.2. The summed E-state index contributed by atoms with van der Waals surface area (Å²) in [7, 11) is 3.15. The van der Waals surface area contributed by atoms with Gasteiger partial charge in [-0.3, -0.25) is 4.79 Å². The van der Waals surface area contributed by atoms with Crippen LogP contribution in [0.5, 0.6) is 11.5 Å². The Hall–Kier alpha value is -3.32. The van der Waals surface area contributed by atoms with Crippen LogP contribution in [0, 0.1) is 0 Å². The Morgan fingerprint density at radius 1 is 1.04 bits per heavy atom. The third-order valence-electron chi connectivity index (χ3n) is 3.65. The zero-order valence-electron chi connectivity index (χ0n) is 14.7. The molecule has 138 valence electrons. The highest BCUT2D eigenvalue weighted by Gasteiger charge is 2.10. The van der Waals surface area contributed by atoms with E-state index in [2.05, 4.69) is 20.6 Å². The van der Waals surface area contributed by atoms with Gasteiger partial charge in [-0.2, -0.15) is 0 Å². The molecule has 0 unspecified atom stereocenters. The van der Waals surface area contributed by atoms with Gasteiger partial charge in [0.2, 0.25) is 5.95 Å². The monoisotopic (exact) mass is 384 g/mol. The highest BCUT2D eigenvalue weighted by molar-refractivity contribution is 6.30. The van der Waals surface area contributed by atoms with Crippen molar-refractivity contribution >= 4 is 34.8 Å². The van der Waals surface area contributed by atoms with E-state index in [0.29, 0.717) is 39.4 Å². The Kier molecular flexibility index (Phi) is 5.73. The first-order valence-electron chi connectivity index (χ1n) is 7.97. The minimum absolute atomic E-state index is 0.318. The van der Waals surface area contributed by atoms with Gasteiger partial charge < -0.3 is 20.1 Å². The quantitative estimate of drug-likeness (QED) is 0.664. The number of anilines is 3. The van der Waals surface area contributed by atoms with E-state index in [1.54, 1.807) is 56.7 Å². The van der Waals surface area contributed by atoms with E-state index in [-0.39, 0.29) is 5.91 Å². The van der Waals surface area contributed by atoms with Crippen molar-refractivity contribution < 1.29 is 14.3 Å². The first kappa shape index (κ1) is 18.5. The molecule has 1 heterocycles. The largest absolute Gasteiger partial charge is 0.497 e. The number of amides is 1. The minimum atomic E-state index is -0.331. The molecule has 0 aliphatic heterocycles. The van der Waals surface area contributed by atoms with E-state index >= 15 is 0 Å². The molecule has 0 spiro atoms. The summed E-state index contributed by atoms with van der Waals surface area (Å²) >= 11 is 5.91. The fourth-order valence-electron chi connectivity index (χ4n) is 2.31. The van der Waals surface area contributed by atoms with Gasteiger partial charge in [0.1, 0.15) is 11.5 Å². The van der Waals surface area contributed by atoms with Gasteiger partial charge in [-0.15, -0.1) is 0 Å². The van der Waals surface area contributed by atoms with Crippen LogP contribution < -0.4 is 20.1 Å². The van der Waals surface area contributed by atoms with Crippen LogP contribution in [0.15, 0.2) is 54.9 Å². The van der Waals surface area contributed by atoms with E-state index in [9.17, 15) is 4.79 Å². The molecule has 3 aromatic rings. The minimum Gasteiger partial charge on any atom is -0.497 e. The number of nitrogens with zero attached hydrogens (tertiary/aromatic N) is 2. The van der Waals surface area contributed by atoms with Crippen molar-refractivity contribution in [2.75, 3.05) is 24.9 Å².